The first-order valence-corrected chi connectivity index (χ1v) is 12.3. The van der Waals surface area contributed by atoms with Gasteiger partial charge in [-0.25, -0.2) is 9.78 Å². The number of alkyl halides is 3. The molecule has 1 amide bonds. The lowest BCUT2D eigenvalue weighted by Crippen LogP contribution is -2.35. The van der Waals surface area contributed by atoms with Gasteiger partial charge in [-0.15, -0.1) is 0 Å². The number of ether oxygens (including phenoxy) is 2. The Morgan fingerprint density at radius 1 is 1.15 bits per heavy atom. The van der Waals surface area contributed by atoms with Crippen molar-refractivity contribution in [1.82, 2.24) is 14.0 Å². The van der Waals surface area contributed by atoms with Gasteiger partial charge >= 0.3 is 12.1 Å². The summed E-state index contributed by atoms with van der Waals surface area (Å²) in [6, 6.07) is 10.4. The zero-order valence-electron chi connectivity index (χ0n) is 20.8. The minimum absolute atomic E-state index is 0.0259. The third-order valence-corrected chi connectivity index (χ3v) is 6.37. The number of esters is 1. The molecule has 39 heavy (non-hydrogen) atoms. The first kappa shape index (κ1) is 26.3. The van der Waals surface area contributed by atoms with E-state index >= 15 is 0 Å². The Morgan fingerprint density at radius 2 is 1.92 bits per heavy atom. The van der Waals surface area contributed by atoms with E-state index in [1.54, 1.807) is 25.1 Å². The van der Waals surface area contributed by atoms with E-state index in [9.17, 15) is 27.6 Å². The van der Waals surface area contributed by atoms with Crippen molar-refractivity contribution in [2.75, 3.05) is 13.2 Å². The van der Waals surface area contributed by atoms with Crippen LogP contribution in [0.25, 0.3) is 16.7 Å². The molecule has 0 saturated carbocycles. The number of rotatable bonds is 5. The van der Waals surface area contributed by atoms with Crippen LogP contribution in [0.3, 0.4) is 0 Å². The lowest BCUT2D eigenvalue weighted by molar-refractivity contribution is -0.137. The van der Waals surface area contributed by atoms with Gasteiger partial charge in [0.25, 0.3) is 11.5 Å². The summed E-state index contributed by atoms with van der Waals surface area (Å²) in [4.78, 5) is 48.4. The van der Waals surface area contributed by atoms with E-state index in [1.807, 2.05) is 0 Å². The maximum absolute atomic E-state index is 13.7. The molecular formula is C27H23F3N4O5. The molecule has 202 valence electrons. The van der Waals surface area contributed by atoms with Crippen LogP contribution in [0.5, 0.6) is 0 Å². The predicted octanol–water partition coefficient (Wildman–Crippen LogP) is 3.76. The second-order valence-electron chi connectivity index (χ2n) is 8.89. The second-order valence-corrected chi connectivity index (χ2v) is 8.89. The fraction of sp³-hybridized carbons (Fsp3) is 0.296. The van der Waals surface area contributed by atoms with Crippen molar-refractivity contribution in [2.45, 2.75) is 38.6 Å². The smallest absolute Gasteiger partial charge is 0.417 e. The minimum atomic E-state index is -4.81. The number of carbonyl (C=O) groups is 2. The zero-order valence-corrected chi connectivity index (χ0v) is 20.8. The number of nitrogens with zero attached hydrogens (tertiary/aromatic N) is 4. The van der Waals surface area contributed by atoms with Gasteiger partial charge in [0.15, 0.2) is 5.49 Å². The molecule has 4 heterocycles. The summed E-state index contributed by atoms with van der Waals surface area (Å²) in [6.45, 7) is 2.09. The fourth-order valence-electron chi connectivity index (χ4n) is 4.60. The molecule has 4 aromatic rings. The number of halogens is 3. The van der Waals surface area contributed by atoms with E-state index in [-0.39, 0.29) is 41.3 Å². The molecule has 9 nitrogen and oxygen atoms in total. The maximum atomic E-state index is 13.7. The highest BCUT2D eigenvalue weighted by molar-refractivity contribution is 5.98. The summed E-state index contributed by atoms with van der Waals surface area (Å²) in [5.74, 6) is -2.11. The van der Waals surface area contributed by atoms with Crippen LogP contribution in [0.1, 0.15) is 46.0 Å². The third kappa shape index (κ3) is 5.07. The first-order chi connectivity index (χ1) is 18.7. The van der Waals surface area contributed by atoms with Crippen LogP contribution in [-0.4, -0.2) is 45.1 Å². The molecule has 1 saturated heterocycles. The summed E-state index contributed by atoms with van der Waals surface area (Å²) < 4.78 is 54.6. The SMILES string of the molecule is CCOC(=O)c1cc2c(=O)n3ccccc3nc2n(C[C@@H]2CCCO2)c1=NC(=O)c1ccccc1C(F)(F)F. The molecule has 0 spiro atoms. The second kappa shape index (κ2) is 10.4. The average Bonchev–Trinajstić information content (AvgIpc) is 3.43. The van der Waals surface area contributed by atoms with Crippen LogP contribution >= 0.6 is 0 Å². The summed E-state index contributed by atoms with van der Waals surface area (Å²) in [5, 5.41) is 0.0434. The summed E-state index contributed by atoms with van der Waals surface area (Å²) in [6.07, 6.45) is -2.23. The van der Waals surface area contributed by atoms with Crippen LogP contribution in [0.15, 0.2) is 64.5 Å². The standard InChI is InChI=1S/C27H23F3N4O5/c1-2-38-26(37)19-14-18-22(31-21-11-5-6-12-33(21)25(18)36)34(15-16-8-7-13-39-16)23(19)32-24(35)17-9-3-4-10-20(17)27(28,29)30/h3-6,9-12,14,16H,2,7-8,13,15H2,1H3/t16-/m0/s1. The van der Waals surface area contributed by atoms with Gasteiger partial charge in [-0.2, -0.15) is 18.2 Å². The summed E-state index contributed by atoms with van der Waals surface area (Å²) in [5.41, 5.74) is -2.46. The number of aromatic nitrogens is 3. The fourth-order valence-corrected chi connectivity index (χ4v) is 4.60. The Hall–Kier alpha value is -4.32. The molecule has 0 aliphatic carbocycles. The number of amides is 1. The molecule has 0 bridgehead atoms. The molecule has 1 aliphatic rings. The normalized spacial score (nSPS) is 16.2. The van der Waals surface area contributed by atoms with Gasteiger partial charge in [-0.3, -0.25) is 14.0 Å². The number of carbonyl (C=O) groups excluding carboxylic acids is 2. The van der Waals surface area contributed by atoms with Crippen molar-refractivity contribution < 1.29 is 32.2 Å². The van der Waals surface area contributed by atoms with Gasteiger partial charge in [0.2, 0.25) is 0 Å². The van der Waals surface area contributed by atoms with Gasteiger partial charge in [0, 0.05) is 12.8 Å². The Kier molecular flexibility index (Phi) is 7.04. The average molecular weight is 540 g/mol. The number of pyridine rings is 2. The van der Waals surface area contributed by atoms with E-state index in [0.717, 1.165) is 18.6 Å². The molecule has 1 aromatic carbocycles. The third-order valence-electron chi connectivity index (χ3n) is 6.37. The van der Waals surface area contributed by atoms with Crippen molar-refractivity contribution in [3.8, 4) is 0 Å². The highest BCUT2D eigenvalue weighted by atomic mass is 19.4. The molecule has 0 unspecified atom stereocenters. The Labute approximate surface area is 219 Å². The predicted molar refractivity (Wildman–Crippen MR) is 133 cm³/mol. The monoisotopic (exact) mass is 540 g/mol. The Bertz CT molecular complexity index is 1720. The Morgan fingerprint density at radius 3 is 2.64 bits per heavy atom. The zero-order chi connectivity index (χ0) is 27.7. The van der Waals surface area contributed by atoms with Crippen molar-refractivity contribution in [1.29, 1.82) is 0 Å². The van der Waals surface area contributed by atoms with Crippen molar-refractivity contribution in [2.24, 2.45) is 4.99 Å². The molecule has 3 aromatic heterocycles. The van der Waals surface area contributed by atoms with E-state index in [1.165, 1.54) is 33.4 Å². The van der Waals surface area contributed by atoms with E-state index < -0.39 is 34.7 Å². The van der Waals surface area contributed by atoms with Gasteiger partial charge in [-0.05, 0) is 50.1 Å². The molecular weight excluding hydrogens is 517 g/mol. The van der Waals surface area contributed by atoms with Crippen LogP contribution in [0.4, 0.5) is 13.2 Å². The van der Waals surface area contributed by atoms with Crippen molar-refractivity contribution in [3.05, 3.63) is 87.3 Å². The van der Waals surface area contributed by atoms with Gasteiger partial charge in [0.05, 0.1) is 35.8 Å². The van der Waals surface area contributed by atoms with E-state index in [4.69, 9.17) is 9.47 Å². The molecule has 1 fully saturated rings. The topological polar surface area (TPSA) is 104 Å². The van der Waals surface area contributed by atoms with E-state index in [2.05, 4.69) is 9.98 Å². The van der Waals surface area contributed by atoms with Crippen LogP contribution < -0.4 is 11.0 Å². The molecule has 12 heteroatoms. The number of benzene rings is 1. The van der Waals surface area contributed by atoms with Gasteiger partial charge in [-0.1, -0.05) is 18.2 Å². The number of fused-ring (bicyclic) bond motifs is 2. The molecule has 0 radical (unpaired) electrons. The van der Waals surface area contributed by atoms with Crippen LogP contribution in [0, 0.1) is 0 Å². The largest absolute Gasteiger partial charge is 0.462 e. The quantitative estimate of drug-likeness (QED) is 0.282. The van der Waals surface area contributed by atoms with E-state index in [0.29, 0.717) is 18.7 Å². The van der Waals surface area contributed by atoms with Crippen LogP contribution in [-0.2, 0) is 22.2 Å². The lowest BCUT2D eigenvalue weighted by atomic mass is 10.1. The highest BCUT2D eigenvalue weighted by Crippen LogP contribution is 2.32. The van der Waals surface area contributed by atoms with Gasteiger partial charge in [0.1, 0.15) is 16.9 Å². The molecule has 0 N–H and O–H groups in total. The van der Waals surface area contributed by atoms with Crippen molar-refractivity contribution >= 4 is 28.6 Å². The Balaban J connectivity index is 1.86. The highest BCUT2D eigenvalue weighted by Gasteiger charge is 2.35. The van der Waals surface area contributed by atoms with Crippen LogP contribution in [0.2, 0.25) is 0 Å². The minimum Gasteiger partial charge on any atom is -0.462 e. The number of hydrogen-bond acceptors (Lipinski definition) is 6. The summed E-state index contributed by atoms with van der Waals surface area (Å²) >= 11 is 0. The van der Waals surface area contributed by atoms with Crippen molar-refractivity contribution in [3.63, 3.8) is 0 Å². The first-order valence-electron chi connectivity index (χ1n) is 12.3. The van der Waals surface area contributed by atoms with Gasteiger partial charge < -0.3 is 14.0 Å². The lowest BCUT2D eigenvalue weighted by Gasteiger charge is -2.18. The molecule has 5 rings (SSSR count). The molecule has 1 aliphatic heterocycles. The molecule has 1 atom stereocenters. The maximum Gasteiger partial charge on any atom is 0.417 e. The number of hydrogen-bond donors (Lipinski definition) is 0. The summed E-state index contributed by atoms with van der Waals surface area (Å²) in [7, 11) is 0.